The van der Waals surface area contributed by atoms with Crippen LogP contribution in [0.25, 0.3) is 22.3 Å². The maximum Gasteiger partial charge on any atom is 0.137 e. The number of benzene rings is 1. The van der Waals surface area contributed by atoms with Crippen LogP contribution in [-0.2, 0) is 6.42 Å². The second-order valence-corrected chi connectivity index (χ2v) is 4.24. The number of rotatable bonds is 3. The van der Waals surface area contributed by atoms with Crippen molar-refractivity contribution in [2.45, 2.75) is 6.42 Å². The molecule has 0 aliphatic rings. The molecule has 0 aliphatic heterocycles. The average Bonchev–Trinajstić information content (AvgIpc) is 2.80. The van der Waals surface area contributed by atoms with E-state index in [1.165, 1.54) is 16.5 Å². The summed E-state index contributed by atoms with van der Waals surface area (Å²) in [5.41, 5.74) is 4.53. The van der Waals surface area contributed by atoms with Crippen molar-refractivity contribution >= 4 is 11.0 Å². The van der Waals surface area contributed by atoms with Gasteiger partial charge in [0.1, 0.15) is 5.65 Å². The fourth-order valence-corrected chi connectivity index (χ4v) is 2.28. The van der Waals surface area contributed by atoms with Crippen molar-refractivity contribution in [2.24, 2.45) is 0 Å². The summed E-state index contributed by atoms with van der Waals surface area (Å²) in [6, 6.07) is 14.4. The summed E-state index contributed by atoms with van der Waals surface area (Å²) in [5, 5.41) is 1.18. The molecule has 0 atom stereocenters. The lowest BCUT2D eigenvalue weighted by Crippen LogP contribution is -1.84. The molecular formula is C16H14N2. The number of nitrogens with zero attached hydrogens (tertiary/aromatic N) is 1. The van der Waals surface area contributed by atoms with Gasteiger partial charge >= 0.3 is 0 Å². The summed E-state index contributed by atoms with van der Waals surface area (Å²) in [4.78, 5) is 7.79. The normalized spacial score (nSPS) is 10.7. The Bertz CT molecular complexity index is 681. The summed E-state index contributed by atoms with van der Waals surface area (Å²) in [6.45, 7) is 3.84. The predicted molar refractivity (Wildman–Crippen MR) is 75.4 cm³/mol. The van der Waals surface area contributed by atoms with Gasteiger partial charge in [-0.3, -0.25) is 0 Å². The average molecular weight is 234 g/mol. The van der Waals surface area contributed by atoms with E-state index < -0.39 is 0 Å². The van der Waals surface area contributed by atoms with Crippen LogP contribution in [0.3, 0.4) is 0 Å². The largest absolute Gasteiger partial charge is 0.339 e. The molecule has 0 fully saturated rings. The monoisotopic (exact) mass is 234 g/mol. The molecular weight excluding hydrogens is 220 g/mol. The standard InChI is InChI=1S/C16H14N2/c1-2-7-13-14-10-6-11-17-16(14)18-15(13)12-8-4-3-5-9-12/h2-6,8-11H,1,7H2,(H,17,18). The highest BCUT2D eigenvalue weighted by atomic mass is 14.9. The van der Waals surface area contributed by atoms with Crippen molar-refractivity contribution in [3.05, 3.63) is 66.9 Å². The second-order valence-electron chi connectivity index (χ2n) is 4.24. The fraction of sp³-hybridized carbons (Fsp3) is 0.0625. The smallest absolute Gasteiger partial charge is 0.137 e. The number of aromatic amines is 1. The fourth-order valence-electron chi connectivity index (χ4n) is 2.28. The molecule has 2 heterocycles. The van der Waals surface area contributed by atoms with E-state index in [9.17, 15) is 0 Å². The first kappa shape index (κ1) is 10.8. The molecule has 3 aromatic rings. The Morgan fingerprint density at radius 1 is 1.11 bits per heavy atom. The molecule has 0 saturated heterocycles. The number of allylic oxidation sites excluding steroid dienone is 1. The molecule has 0 unspecified atom stereocenters. The zero-order chi connectivity index (χ0) is 12.4. The number of hydrogen-bond acceptors (Lipinski definition) is 1. The van der Waals surface area contributed by atoms with Gasteiger partial charge in [-0.2, -0.15) is 0 Å². The minimum atomic E-state index is 0.843. The van der Waals surface area contributed by atoms with Gasteiger partial charge in [0, 0.05) is 11.6 Å². The lowest BCUT2D eigenvalue weighted by molar-refractivity contribution is 1.28. The molecule has 2 heteroatoms. The Labute approximate surface area is 106 Å². The molecule has 0 saturated carbocycles. The van der Waals surface area contributed by atoms with Crippen LogP contribution in [0.15, 0.2) is 61.3 Å². The van der Waals surface area contributed by atoms with E-state index in [-0.39, 0.29) is 0 Å². The van der Waals surface area contributed by atoms with Gasteiger partial charge in [0.05, 0.1) is 5.69 Å². The Balaban J connectivity index is 2.28. The SMILES string of the molecule is C=CCc1c(-c2ccccc2)[nH]c2ncccc12. The van der Waals surface area contributed by atoms with Gasteiger partial charge in [0.2, 0.25) is 0 Å². The van der Waals surface area contributed by atoms with E-state index in [0.717, 1.165) is 17.8 Å². The summed E-state index contributed by atoms with van der Waals surface area (Å²) in [6.07, 6.45) is 4.59. The van der Waals surface area contributed by atoms with Gasteiger partial charge in [0.25, 0.3) is 0 Å². The topological polar surface area (TPSA) is 28.7 Å². The van der Waals surface area contributed by atoms with Crippen LogP contribution in [0.1, 0.15) is 5.56 Å². The predicted octanol–water partition coefficient (Wildman–Crippen LogP) is 3.96. The van der Waals surface area contributed by atoms with Gasteiger partial charge in [-0.05, 0) is 29.7 Å². The third-order valence-corrected chi connectivity index (χ3v) is 3.09. The maximum atomic E-state index is 4.38. The summed E-state index contributed by atoms with van der Waals surface area (Å²) < 4.78 is 0. The zero-order valence-electron chi connectivity index (χ0n) is 10.1. The van der Waals surface area contributed by atoms with Gasteiger partial charge < -0.3 is 4.98 Å². The van der Waals surface area contributed by atoms with E-state index in [1.807, 2.05) is 36.5 Å². The summed E-state index contributed by atoms with van der Waals surface area (Å²) >= 11 is 0. The third kappa shape index (κ3) is 1.72. The van der Waals surface area contributed by atoms with Crippen LogP contribution in [0.2, 0.25) is 0 Å². The molecule has 1 N–H and O–H groups in total. The molecule has 0 radical (unpaired) electrons. The highest BCUT2D eigenvalue weighted by Crippen LogP contribution is 2.29. The minimum absolute atomic E-state index is 0.843. The quantitative estimate of drug-likeness (QED) is 0.683. The number of fused-ring (bicyclic) bond motifs is 1. The summed E-state index contributed by atoms with van der Waals surface area (Å²) in [7, 11) is 0. The molecule has 88 valence electrons. The number of pyridine rings is 1. The maximum absolute atomic E-state index is 4.38. The molecule has 2 nitrogen and oxygen atoms in total. The van der Waals surface area contributed by atoms with Gasteiger partial charge in [-0.25, -0.2) is 4.98 Å². The first-order chi connectivity index (χ1) is 8.90. The Hall–Kier alpha value is -2.35. The van der Waals surface area contributed by atoms with Crippen LogP contribution in [0.5, 0.6) is 0 Å². The van der Waals surface area contributed by atoms with Crippen LogP contribution in [0.4, 0.5) is 0 Å². The number of hydrogen-bond donors (Lipinski definition) is 1. The van der Waals surface area contributed by atoms with Crippen LogP contribution in [-0.4, -0.2) is 9.97 Å². The highest BCUT2D eigenvalue weighted by Gasteiger charge is 2.11. The molecule has 1 aromatic carbocycles. The Morgan fingerprint density at radius 3 is 2.72 bits per heavy atom. The van der Waals surface area contributed by atoms with E-state index in [1.54, 1.807) is 0 Å². The van der Waals surface area contributed by atoms with Gasteiger partial charge in [0.15, 0.2) is 0 Å². The number of H-pyrrole nitrogens is 1. The van der Waals surface area contributed by atoms with Crippen LogP contribution in [0, 0.1) is 0 Å². The van der Waals surface area contributed by atoms with Crippen molar-refractivity contribution in [1.82, 2.24) is 9.97 Å². The molecule has 2 aromatic heterocycles. The first-order valence-electron chi connectivity index (χ1n) is 6.02. The molecule has 18 heavy (non-hydrogen) atoms. The Morgan fingerprint density at radius 2 is 1.94 bits per heavy atom. The molecule has 0 amide bonds. The third-order valence-electron chi connectivity index (χ3n) is 3.09. The van der Waals surface area contributed by atoms with E-state index >= 15 is 0 Å². The van der Waals surface area contributed by atoms with Crippen molar-refractivity contribution in [3.8, 4) is 11.3 Å². The minimum Gasteiger partial charge on any atom is -0.339 e. The highest BCUT2D eigenvalue weighted by molar-refractivity contribution is 5.88. The van der Waals surface area contributed by atoms with Gasteiger partial charge in [-0.15, -0.1) is 6.58 Å². The van der Waals surface area contributed by atoms with Gasteiger partial charge in [-0.1, -0.05) is 36.4 Å². The molecule has 0 aliphatic carbocycles. The van der Waals surface area contributed by atoms with E-state index in [4.69, 9.17) is 0 Å². The van der Waals surface area contributed by atoms with E-state index in [0.29, 0.717) is 0 Å². The molecule has 0 spiro atoms. The lowest BCUT2D eigenvalue weighted by Gasteiger charge is -2.02. The molecule has 0 bridgehead atoms. The van der Waals surface area contributed by atoms with Crippen molar-refractivity contribution in [1.29, 1.82) is 0 Å². The number of aromatic nitrogens is 2. The Kier molecular flexibility index (Phi) is 2.69. The van der Waals surface area contributed by atoms with Crippen molar-refractivity contribution in [2.75, 3.05) is 0 Å². The van der Waals surface area contributed by atoms with Crippen molar-refractivity contribution < 1.29 is 0 Å². The lowest BCUT2D eigenvalue weighted by atomic mass is 10.0. The van der Waals surface area contributed by atoms with E-state index in [2.05, 4.69) is 34.7 Å². The first-order valence-corrected chi connectivity index (χ1v) is 6.02. The van der Waals surface area contributed by atoms with Crippen LogP contribution >= 0.6 is 0 Å². The van der Waals surface area contributed by atoms with Crippen LogP contribution < -0.4 is 0 Å². The summed E-state index contributed by atoms with van der Waals surface area (Å²) in [5.74, 6) is 0. The molecule has 3 rings (SSSR count). The zero-order valence-corrected chi connectivity index (χ0v) is 10.1. The van der Waals surface area contributed by atoms with Crippen molar-refractivity contribution in [3.63, 3.8) is 0 Å². The number of nitrogens with one attached hydrogen (secondary N) is 1. The second kappa shape index (κ2) is 4.49.